The lowest BCUT2D eigenvalue weighted by molar-refractivity contribution is -0.114. The fraction of sp³-hybridized carbons (Fsp3) is 0.290. The van der Waals surface area contributed by atoms with E-state index in [0.29, 0.717) is 49.8 Å². The number of benzene rings is 3. The average molecular weight is 497 g/mol. The van der Waals surface area contributed by atoms with Gasteiger partial charge in [-0.3, -0.25) is 4.79 Å². The molecule has 0 fully saturated rings. The molecule has 0 unspecified atom stereocenters. The van der Waals surface area contributed by atoms with E-state index in [4.69, 9.17) is 14.2 Å². The van der Waals surface area contributed by atoms with Gasteiger partial charge in [-0.2, -0.15) is 5.26 Å². The van der Waals surface area contributed by atoms with Gasteiger partial charge in [0.2, 0.25) is 0 Å². The number of para-hydroxylation sites is 2. The Labute approximate surface area is 218 Å². The van der Waals surface area contributed by atoms with Crippen molar-refractivity contribution < 1.29 is 19.0 Å². The number of ether oxygens (including phenoxy) is 3. The molecule has 0 bridgehead atoms. The number of amides is 1. The topological polar surface area (TPSA) is 71.8 Å². The fourth-order valence-electron chi connectivity index (χ4n) is 4.45. The minimum atomic E-state index is -0.297. The van der Waals surface area contributed by atoms with Crippen LogP contribution in [0.1, 0.15) is 35.6 Å². The minimum absolute atomic E-state index is 0.0801. The van der Waals surface area contributed by atoms with E-state index in [2.05, 4.69) is 6.07 Å². The Bertz CT molecular complexity index is 1320. The summed E-state index contributed by atoms with van der Waals surface area (Å²) >= 11 is 0. The van der Waals surface area contributed by atoms with Crippen LogP contribution in [-0.2, 0) is 11.2 Å². The minimum Gasteiger partial charge on any atom is -0.493 e. The van der Waals surface area contributed by atoms with Gasteiger partial charge in [-0.25, -0.2) is 0 Å². The van der Waals surface area contributed by atoms with Gasteiger partial charge >= 0.3 is 0 Å². The molecule has 0 aliphatic carbocycles. The summed E-state index contributed by atoms with van der Waals surface area (Å²) in [6.07, 6.45) is 3.11. The fourth-order valence-corrected chi connectivity index (χ4v) is 4.45. The number of carbonyl (C=O) groups is 1. The highest BCUT2D eigenvalue weighted by Crippen LogP contribution is 2.31. The molecule has 3 aromatic rings. The normalized spacial score (nSPS) is 12.6. The van der Waals surface area contributed by atoms with Crippen molar-refractivity contribution in [2.45, 2.75) is 33.6 Å². The lowest BCUT2D eigenvalue weighted by Crippen LogP contribution is -2.29. The Morgan fingerprint density at radius 3 is 2.49 bits per heavy atom. The average Bonchev–Trinajstić information content (AvgIpc) is 3.33. The molecule has 1 amide bonds. The van der Waals surface area contributed by atoms with Gasteiger partial charge in [0.15, 0.2) is 11.5 Å². The molecule has 1 aliphatic heterocycles. The van der Waals surface area contributed by atoms with Crippen molar-refractivity contribution in [1.29, 1.82) is 5.26 Å². The highest BCUT2D eigenvalue weighted by Gasteiger charge is 2.26. The van der Waals surface area contributed by atoms with Crippen LogP contribution in [-0.4, -0.2) is 32.3 Å². The van der Waals surface area contributed by atoms with Gasteiger partial charge in [0.05, 0.1) is 19.8 Å². The van der Waals surface area contributed by atoms with E-state index >= 15 is 0 Å². The second-order valence-corrected chi connectivity index (χ2v) is 8.92. The van der Waals surface area contributed by atoms with E-state index in [0.717, 1.165) is 34.5 Å². The molecule has 0 saturated heterocycles. The van der Waals surface area contributed by atoms with Crippen LogP contribution >= 0.6 is 0 Å². The third-order valence-electron chi connectivity index (χ3n) is 6.26. The number of rotatable bonds is 10. The largest absolute Gasteiger partial charge is 0.493 e. The number of aryl methyl sites for hydroxylation is 2. The van der Waals surface area contributed by atoms with Gasteiger partial charge < -0.3 is 19.1 Å². The molecule has 37 heavy (non-hydrogen) atoms. The molecule has 0 atom stereocenters. The van der Waals surface area contributed by atoms with Gasteiger partial charge in [0, 0.05) is 18.7 Å². The second kappa shape index (κ2) is 12.1. The third kappa shape index (κ3) is 6.13. The lowest BCUT2D eigenvalue weighted by atomic mass is 10.1. The predicted molar refractivity (Wildman–Crippen MR) is 145 cm³/mol. The zero-order valence-electron chi connectivity index (χ0n) is 21.6. The number of nitriles is 1. The van der Waals surface area contributed by atoms with Crippen molar-refractivity contribution in [2.75, 3.05) is 31.3 Å². The Morgan fingerprint density at radius 2 is 1.73 bits per heavy atom. The maximum absolute atomic E-state index is 13.1. The van der Waals surface area contributed by atoms with Crippen LogP contribution < -0.4 is 19.1 Å². The first-order chi connectivity index (χ1) is 18.0. The Kier molecular flexibility index (Phi) is 8.48. The molecular weight excluding hydrogens is 464 g/mol. The van der Waals surface area contributed by atoms with Crippen molar-refractivity contribution in [2.24, 2.45) is 0 Å². The first-order valence-corrected chi connectivity index (χ1v) is 12.6. The van der Waals surface area contributed by atoms with Crippen molar-refractivity contribution in [3.05, 3.63) is 88.5 Å². The molecule has 6 nitrogen and oxygen atoms in total. The Hall–Kier alpha value is -4.24. The van der Waals surface area contributed by atoms with Crippen LogP contribution in [0, 0.1) is 25.2 Å². The van der Waals surface area contributed by atoms with Crippen LogP contribution in [0.5, 0.6) is 17.2 Å². The summed E-state index contributed by atoms with van der Waals surface area (Å²) in [5.74, 6) is 1.82. The van der Waals surface area contributed by atoms with Crippen molar-refractivity contribution in [3.8, 4) is 23.3 Å². The Morgan fingerprint density at radius 1 is 0.973 bits per heavy atom. The van der Waals surface area contributed by atoms with Gasteiger partial charge in [-0.15, -0.1) is 0 Å². The quantitative estimate of drug-likeness (QED) is 0.194. The lowest BCUT2D eigenvalue weighted by Gasteiger charge is -2.17. The molecule has 1 heterocycles. The maximum Gasteiger partial charge on any atom is 0.268 e. The van der Waals surface area contributed by atoms with Crippen LogP contribution in [0.3, 0.4) is 0 Å². The molecule has 0 saturated carbocycles. The van der Waals surface area contributed by atoms with Crippen molar-refractivity contribution >= 4 is 17.7 Å². The molecular formula is C31H32N2O4. The number of carbonyl (C=O) groups excluding carboxylic acids is 1. The highest BCUT2D eigenvalue weighted by atomic mass is 16.5. The van der Waals surface area contributed by atoms with Gasteiger partial charge in [0.1, 0.15) is 17.4 Å². The van der Waals surface area contributed by atoms with Crippen molar-refractivity contribution in [1.82, 2.24) is 0 Å². The smallest absolute Gasteiger partial charge is 0.268 e. The first kappa shape index (κ1) is 25.8. The number of anilines is 1. The summed E-state index contributed by atoms with van der Waals surface area (Å²) in [5.41, 5.74) is 5.00. The van der Waals surface area contributed by atoms with Gasteiger partial charge in [0.25, 0.3) is 5.91 Å². The van der Waals surface area contributed by atoms with E-state index < -0.39 is 0 Å². The molecule has 6 heteroatoms. The molecule has 1 aliphatic rings. The maximum atomic E-state index is 13.1. The molecule has 0 spiro atoms. The number of hydrogen-bond donors (Lipinski definition) is 0. The summed E-state index contributed by atoms with van der Waals surface area (Å²) in [6, 6.07) is 21.4. The second-order valence-electron chi connectivity index (χ2n) is 8.92. The van der Waals surface area contributed by atoms with Crippen LogP contribution in [0.2, 0.25) is 0 Å². The summed E-state index contributed by atoms with van der Waals surface area (Å²) in [4.78, 5) is 14.8. The number of nitrogens with zero attached hydrogens (tertiary/aromatic N) is 2. The van der Waals surface area contributed by atoms with Crippen LogP contribution in [0.25, 0.3) is 6.08 Å². The first-order valence-electron chi connectivity index (χ1n) is 12.6. The van der Waals surface area contributed by atoms with E-state index in [1.54, 1.807) is 17.0 Å². The summed E-state index contributed by atoms with van der Waals surface area (Å²) in [6.45, 7) is 8.03. The zero-order valence-corrected chi connectivity index (χ0v) is 21.6. The Balaban J connectivity index is 1.41. The summed E-state index contributed by atoms with van der Waals surface area (Å²) in [5, 5.41) is 9.74. The van der Waals surface area contributed by atoms with E-state index in [9.17, 15) is 10.1 Å². The molecule has 0 radical (unpaired) electrons. The van der Waals surface area contributed by atoms with Gasteiger partial charge in [-0.1, -0.05) is 42.5 Å². The van der Waals surface area contributed by atoms with E-state index in [1.807, 2.05) is 75.4 Å². The van der Waals surface area contributed by atoms with Crippen molar-refractivity contribution in [3.63, 3.8) is 0 Å². The standard InChI is InChI=1S/C31H32N2O4/c1-4-35-29-20-24(19-26(21-32)31(34)33-16-15-25-11-5-6-12-27(25)33)13-14-28(29)36-17-8-18-37-30-22(2)9-7-10-23(30)3/h5-7,9-14,19-20H,4,8,15-18H2,1-3H3. The predicted octanol–water partition coefficient (Wildman–Crippen LogP) is 6.05. The third-order valence-corrected chi connectivity index (χ3v) is 6.26. The molecule has 190 valence electrons. The SMILES string of the molecule is CCOc1cc(C=C(C#N)C(=O)N2CCc3ccccc32)ccc1OCCCOc1c(C)cccc1C. The molecule has 4 rings (SSSR count). The van der Waals surface area contributed by atoms with Gasteiger partial charge in [-0.05, 0) is 73.7 Å². The molecule has 3 aromatic carbocycles. The van der Waals surface area contributed by atoms with Crippen LogP contribution in [0.4, 0.5) is 5.69 Å². The molecule has 0 aromatic heterocycles. The number of fused-ring (bicyclic) bond motifs is 1. The zero-order chi connectivity index (χ0) is 26.2. The molecule has 0 N–H and O–H groups in total. The number of hydrogen-bond acceptors (Lipinski definition) is 5. The summed E-state index contributed by atoms with van der Waals surface area (Å²) in [7, 11) is 0. The highest BCUT2D eigenvalue weighted by molar-refractivity contribution is 6.12. The monoisotopic (exact) mass is 496 g/mol. The van der Waals surface area contributed by atoms with Crippen LogP contribution in [0.15, 0.2) is 66.2 Å². The summed E-state index contributed by atoms with van der Waals surface area (Å²) < 4.78 is 17.7. The van der Waals surface area contributed by atoms with E-state index in [-0.39, 0.29) is 11.5 Å². The van der Waals surface area contributed by atoms with E-state index in [1.165, 1.54) is 0 Å².